The van der Waals surface area contributed by atoms with E-state index in [-0.39, 0.29) is 5.54 Å². The number of piperidine rings is 1. The summed E-state index contributed by atoms with van der Waals surface area (Å²) in [5, 5.41) is 12.9. The van der Waals surface area contributed by atoms with Crippen molar-refractivity contribution < 1.29 is 4.74 Å². The van der Waals surface area contributed by atoms with Gasteiger partial charge >= 0.3 is 0 Å². The molecule has 1 aromatic rings. The summed E-state index contributed by atoms with van der Waals surface area (Å²) in [6.45, 7) is 2.73. The largest absolute Gasteiger partial charge is 0.497 e. The molecule has 2 rings (SSSR count). The van der Waals surface area contributed by atoms with Crippen molar-refractivity contribution >= 4 is 0 Å². The van der Waals surface area contributed by atoms with Crippen molar-refractivity contribution in [3.05, 3.63) is 29.8 Å². The van der Waals surface area contributed by atoms with E-state index in [0.717, 1.165) is 44.6 Å². The first-order valence-corrected chi connectivity index (χ1v) is 7.15. The van der Waals surface area contributed by atoms with Gasteiger partial charge in [0.25, 0.3) is 0 Å². The number of methoxy groups -OCH3 is 1. The average Bonchev–Trinajstić information content (AvgIpc) is 2.48. The van der Waals surface area contributed by atoms with Gasteiger partial charge in [-0.1, -0.05) is 12.1 Å². The lowest BCUT2D eigenvalue weighted by atomic mass is 9.90. The van der Waals surface area contributed by atoms with Gasteiger partial charge in [-0.3, -0.25) is 5.32 Å². The van der Waals surface area contributed by atoms with Crippen LogP contribution in [0, 0.1) is 11.3 Å². The fraction of sp³-hybridized carbons (Fsp3) is 0.562. The van der Waals surface area contributed by atoms with Crippen LogP contribution in [0.15, 0.2) is 24.3 Å². The number of nitriles is 1. The molecule has 1 N–H and O–H groups in total. The normalized spacial score (nSPS) is 23.2. The van der Waals surface area contributed by atoms with Crippen molar-refractivity contribution in [2.24, 2.45) is 0 Å². The molecule has 1 aromatic carbocycles. The molecule has 1 saturated heterocycles. The first kappa shape index (κ1) is 14.8. The molecule has 0 spiro atoms. The maximum absolute atomic E-state index is 9.47. The standard InChI is InChI=1S/C16H23N3O/c1-19-11-3-9-16(12-17,13-19)18-10-8-14-4-6-15(20-2)7-5-14/h4-7,18H,3,8-11,13H2,1-2H3. The van der Waals surface area contributed by atoms with Crippen LogP contribution in [0.4, 0.5) is 0 Å². The average molecular weight is 273 g/mol. The summed E-state index contributed by atoms with van der Waals surface area (Å²) in [5.41, 5.74) is 0.884. The molecule has 20 heavy (non-hydrogen) atoms. The van der Waals surface area contributed by atoms with Crippen LogP contribution in [-0.2, 0) is 6.42 Å². The Morgan fingerprint density at radius 3 is 2.75 bits per heavy atom. The number of benzene rings is 1. The van der Waals surface area contributed by atoms with Crippen LogP contribution >= 0.6 is 0 Å². The zero-order valence-corrected chi connectivity index (χ0v) is 12.4. The maximum Gasteiger partial charge on any atom is 0.119 e. The Bertz CT molecular complexity index is 466. The predicted molar refractivity (Wildman–Crippen MR) is 79.8 cm³/mol. The quantitative estimate of drug-likeness (QED) is 0.889. The minimum Gasteiger partial charge on any atom is -0.497 e. The highest BCUT2D eigenvalue weighted by atomic mass is 16.5. The van der Waals surface area contributed by atoms with Gasteiger partial charge in [-0.25, -0.2) is 0 Å². The summed E-state index contributed by atoms with van der Waals surface area (Å²) in [6.07, 6.45) is 2.95. The van der Waals surface area contributed by atoms with Gasteiger partial charge in [0.15, 0.2) is 0 Å². The summed E-state index contributed by atoms with van der Waals surface area (Å²) in [7, 11) is 3.75. The smallest absolute Gasteiger partial charge is 0.119 e. The highest BCUT2D eigenvalue weighted by Crippen LogP contribution is 2.19. The lowest BCUT2D eigenvalue weighted by Gasteiger charge is -2.37. The van der Waals surface area contributed by atoms with Crippen molar-refractivity contribution in [2.75, 3.05) is 33.8 Å². The monoisotopic (exact) mass is 273 g/mol. The minimum atomic E-state index is -0.376. The van der Waals surface area contributed by atoms with E-state index in [1.165, 1.54) is 5.56 Å². The van der Waals surface area contributed by atoms with Crippen molar-refractivity contribution in [1.29, 1.82) is 5.26 Å². The molecular weight excluding hydrogens is 250 g/mol. The van der Waals surface area contributed by atoms with E-state index in [4.69, 9.17) is 4.74 Å². The van der Waals surface area contributed by atoms with E-state index in [1.807, 2.05) is 12.1 Å². The number of ether oxygens (including phenoxy) is 1. The van der Waals surface area contributed by atoms with Gasteiger partial charge in [0.2, 0.25) is 0 Å². The number of rotatable bonds is 5. The summed E-state index contributed by atoms with van der Waals surface area (Å²) in [6, 6.07) is 10.6. The Morgan fingerprint density at radius 1 is 1.40 bits per heavy atom. The van der Waals surface area contributed by atoms with Crippen molar-refractivity contribution in [2.45, 2.75) is 24.8 Å². The van der Waals surface area contributed by atoms with Gasteiger partial charge in [-0.05, 0) is 50.6 Å². The Hall–Kier alpha value is -1.57. The Kier molecular flexibility index (Phi) is 4.99. The van der Waals surface area contributed by atoms with Crippen LogP contribution in [0.25, 0.3) is 0 Å². The van der Waals surface area contributed by atoms with Crippen LogP contribution in [-0.4, -0.2) is 44.2 Å². The van der Waals surface area contributed by atoms with E-state index in [9.17, 15) is 5.26 Å². The molecule has 1 unspecified atom stereocenters. The van der Waals surface area contributed by atoms with Gasteiger partial charge in [0.1, 0.15) is 11.3 Å². The first-order chi connectivity index (χ1) is 9.67. The molecule has 1 heterocycles. The summed E-state index contributed by atoms with van der Waals surface area (Å²) in [5.74, 6) is 0.879. The highest BCUT2D eigenvalue weighted by Gasteiger charge is 2.33. The van der Waals surface area contributed by atoms with Gasteiger partial charge in [0, 0.05) is 13.1 Å². The van der Waals surface area contributed by atoms with Crippen molar-refractivity contribution in [3.63, 3.8) is 0 Å². The molecule has 0 radical (unpaired) electrons. The van der Waals surface area contributed by atoms with Gasteiger partial charge in [-0.2, -0.15) is 5.26 Å². The molecule has 0 amide bonds. The Balaban J connectivity index is 1.86. The number of hydrogen-bond acceptors (Lipinski definition) is 4. The van der Waals surface area contributed by atoms with Crippen molar-refractivity contribution in [3.8, 4) is 11.8 Å². The van der Waals surface area contributed by atoms with Crippen LogP contribution in [0.2, 0.25) is 0 Å². The molecule has 0 saturated carbocycles. The molecule has 1 aliphatic rings. The zero-order valence-electron chi connectivity index (χ0n) is 12.4. The van der Waals surface area contributed by atoms with Crippen molar-refractivity contribution in [1.82, 2.24) is 10.2 Å². The third kappa shape index (κ3) is 3.72. The fourth-order valence-electron chi connectivity index (χ4n) is 2.78. The number of nitrogens with one attached hydrogen (secondary N) is 1. The lowest BCUT2D eigenvalue weighted by Crippen LogP contribution is -2.55. The van der Waals surface area contributed by atoms with E-state index in [1.54, 1.807) is 7.11 Å². The number of likely N-dealkylation sites (tertiary alicyclic amines) is 1. The molecule has 1 atom stereocenters. The topological polar surface area (TPSA) is 48.3 Å². The Labute approximate surface area is 121 Å². The van der Waals surface area contributed by atoms with E-state index in [2.05, 4.69) is 35.5 Å². The Morgan fingerprint density at radius 2 is 2.15 bits per heavy atom. The van der Waals surface area contributed by atoms with E-state index >= 15 is 0 Å². The van der Waals surface area contributed by atoms with Crippen LogP contribution in [0.5, 0.6) is 5.75 Å². The fourth-order valence-corrected chi connectivity index (χ4v) is 2.78. The maximum atomic E-state index is 9.47. The molecule has 0 bridgehead atoms. The second kappa shape index (κ2) is 6.74. The molecule has 4 heteroatoms. The molecule has 108 valence electrons. The second-order valence-corrected chi connectivity index (χ2v) is 5.56. The molecule has 1 aliphatic heterocycles. The van der Waals surface area contributed by atoms with Gasteiger partial charge in [0.05, 0.1) is 13.2 Å². The molecule has 1 fully saturated rings. The van der Waals surface area contributed by atoms with E-state index in [0.29, 0.717) is 0 Å². The number of nitrogens with zero attached hydrogens (tertiary/aromatic N) is 2. The summed E-state index contributed by atoms with van der Waals surface area (Å²) >= 11 is 0. The zero-order chi connectivity index (χ0) is 14.4. The number of likely N-dealkylation sites (N-methyl/N-ethyl adjacent to an activating group) is 1. The molecule has 0 aliphatic carbocycles. The highest BCUT2D eigenvalue weighted by molar-refractivity contribution is 5.27. The lowest BCUT2D eigenvalue weighted by molar-refractivity contribution is 0.185. The third-order valence-electron chi connectivity index (χ3n) is 3.93. The molecular formula is C16H23N3O. The predicted octanol–water partition coefficient (Wildman–Crippen LogP) is 1.82. The summed E-state index contributed by atoms with van der Waals surface area (Å²) in [4.78, 5) is 2.23. The molecule has 4 nitrogen and oxygen atoms in total. The molecule has 0 aromatic heterocycles. The van der Waals surface area contributed by atoms with Crippen LogP contribution < -0.4 is 10.1 Å². The van der Waals surface area contributed by atoms with Gasteiger partial charge < -0.3 is 9.64 Å². The van der Waals surface area contributed by atoms with Crippen LogP contribution in [0.3, 0.4) is 0 Å². The minimum absolute atomic E-state index is 0.376. The van der Waals surface area contributed by atoms with Crippen LogP contribution in [0.1, 0.15) is 18.4 Å². The second-order valence-electron chi connectivity index (χ2n) is 5.56. The first-order valence-electron chi connectivity index (χ1n) is 7.15. The van der Waals surface area contributed by atoms with Gasteiger partial charge in [-0.15, -0.1) is 0 Å². The summed E-state index contributed by atoms with van der Waals surface area (Å²) < 4.78 is 5.15. The third-order valence-corrected chi connectivity index (χ3v) is 3.93. The van der Waals surface area contributed by atoms with E-state index < -0.39 is 0 Å². The number of hydrogen-bond donors (Lipinski definition) is 1. The SMILES string of the molecule is COc1ccc(CCNC2(C#N)CCCN(C)C2)cc1.